The molecule has 4 nitrogen and oxygen atoms in total. The van der Waals surface area contributed by atoms with Gasteiger partial charge in [-0.2, -0.15) is 0 Å². The van der Waals surface area contributed by atoms with Crippen LogP contribution in [0.2, 0.25) is 0 Å². The van der Waals surface area contributed by atoms with Crippen molar-refractivity contribution in [1.29, 1.82) is 0 Å². The first-order valence-electron chi connectivity index (χ1n) is 10.6. The summed E-state index contributed by atoms with van der Waals surface area (Å²) in [5.74, 6) is 2.27. The van der Waals surface area contributed by atoms with Gasteiger partial charge in [0.15, 0.2) is 5.76 Å². The van der Waals surface area contributed by atoms with Gasteiger partial charge in [-0.15, -0.1) is 0 Å². The fraction of sp³-hybridized carbons (Fsp3) is 0.542. The van der Waals surface area contributed by atoms with Crippen LogP contribution in [0.25, 0.3) is 11.3 Å². The average Bonchev–Trinajstić information content (AvgIpc) is 3.15. The van der Waals surface area contributed by atoms with Gasteiger partial charge in [0, 0.05) is 23.5 Å². The number of phenols is 1. The third-order valence-corrected chi connectivity index (χ3v) is 6.46. The van der Waals surface area contributed by atoms with Crippen molar-refractivity contribution < 1.29 is 14.4 Å². The van der Waals surface area contributed by atoms with E-state index in [1.165, 1.54) is 5.57 Å². The number of hydrogen-bond donors (Lipinski definition) is 1. The van der Waals surface area contributed by atoms with Crippen LogP contribution in [0.15, 0.2) is 34.5 Å². The first kappa shape index (κ1) is 19.1. The van der Waals surface area contributed by atoms with Gasteiger partial charge in [-0.05, 0) is 58.1 Å². The first-order valence-corrected chi connectivity index (χ1v) is 10.6. The number of unbranched alkanes of at least 4 members (excludes halogenated alkanes) is 2. The maximum atomic E-state index is 11.4. The summed E-state index contributed by atoms with van der Waals surface area (Å²) in [6.45, 7) is 8.75. The van der Waals surface area contributed by atoms with E-state index in [0.29, 0.717) is 17.4 Å². The standard InChI is InChI=1S/C24H31NO3/c1-5-6-7-8-16-14-20-22(23(26)21(16)19-11-12-25-28-19)17-13-15(2)9-10-18(17)24(3,4)27-20/h11-14,17-18,26H,5-10H2,1-4H3. The minimum Gasteiger partial charge on any atom is -0.507 e. The molecular weight excluding hydrogens is 350 g/mol. The number of allylic oxidation sites excluding steroid dienone is 2. The van der Waals surface area contributed by atoms with Gasteiger partial charge in [0.05, 0.1) is 11.8 Å². The second-order valence-electron chi connectivity index (χ2n) is 8.89. The Balaban J connectivity index is 1.89. The van der Waals surface area contributed by atoms with Gasteiger partial charge in [0.1, 0.15) is 17.1 Å². The summed E-state index contributed by atoms with van der Waals surface area (Å²) < 4.78 is 12.0. The summed E-state index contributed by atoms with van der Waals surface area (Å²) in [7, 11) is 0. The lowest BCUT2D eigenvalue weighted by atomic mass is 9.67. The van der Waals surface area contributed by atoms with Crippen LogP contribution in [0, 0.1) is 5.92 Å². The second-order valence-corrected chi connectivity index (χ2v) is 8.89. The van der Waals surface area contributed by atoms with Gasteiger partial charge in [-0.1, -0.05) is 36.6 Å². The van der Waals surface area contributed by atoms with Crippen molar-refractivity contribution in [2.75, 3.05) is 0 Å². The van der Waals surface area contributed by atoms with Crippen molar-refractivity contribution in [3.8, 4) is 22.8 Å². The molecule has 4 rings (SSSR count). The lowest BCUT2D eigenvalue weighted by molar-refractivity contribution is 0.0107. The third kappa shape index (κ3) is 3.23. The molecule has 0 saturated heterocycles. The topological polar surface area (TPSA) is 55.5 Å². The third-order valence-electron chi connectivity index (χ3n) is 6.46. The Morgan fingerprint density at radius 2 is 2.11 bits per heavy atom. The van der Waals surface area contributed by atoms with Crippen LogP contribution >= 0.6 is 0 Å². The van der Waals surface area contributed by atoms with Crippen LogP contribution in [0.3, 0.4) is 0 Å². The zero-order valence-corrected chi connectivity index (χ0v) is 17.4. The maximum absolute atomic E-state index is 11.4. The number of phenolic OH excluding ortho intramolecular Hbond substituents is 1. The summed E-state index contributed by atoms with van der Waals surface area (Å²) in [5, 5.41) is 15.3. The van der Waals surface area contributed by atoms with Crippen LogP contribution in [-0.2, 0) is 6.42 Å². The molecule has 1 N–H and O–H groups in total. The van der Waals surface area contributed by atoms with Crippen molar-refractivity contribution in [2.45, 2.75) is 77.7 Å². The molecule has 0 saturated carbocycles. The summed E-state index contributed by atoms with van der Waals surface area (Å²) in [6.07, 6.45) is 10.4. The van der Waals surface area contributed by atoms with Crippen molar-refractivity contribution >= 4 is 0 Å². The Labute approximate surface area is 167 Å². The van der Waals surface area contributed by atoms with Crippen molar-refractivity contribution in [3.05, 3.63) is 41.1 Å². The molecule has 4 heteroatoms. The van der Waals surface area contributed by atoms with E-state index in [1.807, 2.05) is 6.07 Å². The van der Waals surface area contributed by atoms with E-state index in [1.54, 1.807) is 6.20 Å². The molecule has 28 heavy (non-hydrogen) atoms. The van der Waals surface area contributed by atoms with E-state index in [-0.39, 0.29) is 11.5 Å². The normalized spacial score (nSPS) is 22.8. The lowest BCUT2D eigenvalue weighted by Crippen LogP contribution is -2.45. The van der Waals surface area contributed by atoms with Crippen LogP contribution in [0.5, 0.6) is 11.5 Å². The summed E-state index contributed by atoms with van der Waals surface area (Å²) in [5.41, 5.74) is 3.90. The average molecular weight is 382 g/mol. The summed E-state index contributed by atoms with van der Waals surface area (Å²) in [4.78, 5) is 0. The molecule has 2 aromatic rings. The molecule has 2 heterocycles. The molecule has 2 unspecified atom stereocenters. The molecule has 0 spiro atoms. The van der Waals surface area contributed by atoms with Gasteiger partial charge in [0.25, 0.3) is 0 Å². The number of aromatic hydroxyl groups is 1. The lowest BCUT2D eigenvalue weighted by Gasteiger charge is -2.46. The molecule has 150 valence electrons. The molecule has 1 aliphatic heterocycles. The number of rotatable bonds is 5. The number of aryl methyl sites for hydroxylation is 1. The highest BCUT2D eigenvalue weighted by Crippen LogP contribution is 2.55. The highest BCUT2D eigenvalue weighted by molar-refractivity contribution is 5.75. The van der Waals surface area contributed by atoms with Gasteiger partial charge in [-0.3, -0.25) is 0 Å². The summed E-state index contributed by atoms with van der Waals surface area (Å²) >= 11 is 0. The Morgan fingerprint density at radius 3 is 2.82 bits per heavy atom. The summed E-state index contributed by atoms with van der Waals surface area (Å²) in [6, 6.07) is 3.97. The van der Waals surface area contributed by atoms with Crippen LogP contribution in [-0.4, -0.2) is 15.9 Å². The van der Waals surface area contributed by atoms with Gasteiger partial charge < -0.3 is 14.4 Å². The maximum Gasteiger partial charge on any atom is 0.170 e. The smallest absolute Gasteiger partial charge is 0.170 e. The SMILES string of the molecule is CCCCCc1cc2c(c(O)c1-c1ccno1)C1C=C(C)CCC1C(C)(C)O2. The highest BCUT2D eigenvalue weighted by atomic mass is 16.5. The van der Waals surface area contributed by atoms with Crippen molar-refractivity contribution in [1.82, 2.24) is 5.16 Å². The number of benzene rings is 1. The fourth-order valence-electron chi connectivity index (χ4n) is 4.99. The molecule has 2 aliphatic rings. The first-order chi connectivity index (χ1) is 13.4. The van der Waals surface area contributed by atoms with E-state index in [9.17, 15) is 5.11 Å². The van der Waals surface area contributed by atoms with Gasteiger partial charge in [-0.25, -0.2) is 0 Å². The number of nitrogens with zero attached hydrogens (tertiary/aromatic N) is 1. The van der Waals surface area contributed by atoms with Crippen LogP contribution in [0.1, 0.15) is 76.8 Å². The molecule has 1 aromatic heterocycles. The van der Waals surface area contributed by atoms with Crippen molar-refractivity contribution in [2.24, 2.45) is 5.92 Å². The minimum absolute atomic E-state index is 0.166. The number of aromatic nitrogens is 1. The number of ether oxygens (including phenoxy) is 1. The Hall–Kier alpha value is -2.23. The van der Waals surface area contributed by atoms with Crippen LogP contribution < -0.4 is 4.74 Å². The van der Waals surface area contributed by atoms with Gasteiger partial charge in [0.2, 0.25) is 0 Å². The largest absolute Gasteiger partial charge is 0.507 e. The number of hydrogen-bond acceptors (Lipinski definition) is 4. The zero-order chi connectivity index (χ0) is 19.9. The molecule has 0 amide bonds. The van der Waals surface area contributed by atoms with Crippen molar-refractivity contribution in [3.63, 3.8) is 0 Å². The minimum atomic E-state index is -0.254. The van der Waals surface area contributed by atoms with Gasteiger partial charge >= 0.3 is 0 Å². The quantitative estimate of drug-likeness (QED) is 0.481. The monoisotopic (exact) mass is 381 g/mol. The van der Waals surface area contributed by atoms with E-state index in [0.717, 1.165) is 61.0 Å². The molecular formula is C24H31NO3. The fourth-order valence-corrected chi connectivity index (χ4v) is 4.99. The Morgan fingerprint density at radius 1 is 1.29 bits per heavy atom. The second kappa shape index (κ2) is 7.31. The molecule has 0 bridgehead atoms. The van der Waals surface area contributed by atoms with E-state index in [2.05, 4.69) is 45.0 Å². The predicted octanol–water partition coefficient (Wildman–Crippen LogP) is 6.39. The highest BCUT2D eigenvalue weighted by Gasteiger charge is 2.46. The Bertz CT molecular complexity index is 880. The molecule has 1 aromatic carbocycles. The Kier molecular flexibility index (Phi) is 4.98. The van der Waals surface area contributed by atoms with E-state index < -0.39 is 0 Å². The van der Waals surface area contributed by atoms with E-state index in [4.69, 9.17) is 9.26 Å². The van der Waals surface area contributed by atoms with Crippen LogP contribution in [0.4, 0.5) is 0 Å². The molecule has 1 aliphatic carbocycles. The zero-order valence-electron chi connectivity index (χ0n) is 17.4. The molecule has 2 atom stereocenters. The predicted molar refractivity (Wildman–Crippen MR) is 111 cm³/mol. The molecule has 0 radical (unpaired) electrons. The van der Waals surface area contributed by atoms with E-state index >= 15 is 0 Å². The molecule has 0 fully saturated rings. The number of fused-ring (bicyclic) bond motifs is 3.